The Morgan fingerprint density at radius 2 is 2.45 bits per heavy atom. The third-order valence-corrected chi connectivity index (χ3v) is 3.30. The van der Waals surface area contributed by atoms with Crippen molar-refractivity contribution >= 4 is 11.0 Å². The Hall–Kier alpha value is 0.0700. The van der Waals surface area contributed by atoms with E-state index in [1.165, 1.54) is 0 Å². The summed E-state index contributed by atoms with van der Waals surface area (Å²) < 4.78 is 13.1. The minimum absolute atomic E-state index is 0.265. The zero-order chi connectivity index (χ0) is 8.27. The van der Waals surface area contributed by atoms with Crippen LogP contribution in [-0.2, 0) is 11.0 Å². The monoisotopic (exact) mass is 177 g/mol. The molecular weight excluding hydrogens is 162 g/mol. The van der Waals surface area contributed by atoms with E-state index in [1.807, 2.05) is 11.2 Å². The van der Waals surface area contributed by atoms with E-state index in [0.717, 1.165) is 19.4 Å². The SMILES string of the molecule is CCS(=O)N1CCCC(O)C1. The minimum Gasteiger partial charge on any atom is -0.392 e. The lowest BCUT2D eigenvalue weighted by Gasteiger charge is -2.28. The van der Waals surface area contributed by atoms with E-state index in [-0.39, 0.29) is 6.10 Å². The van der Waals surface area contributed by atoms with Crippen LogP contribution in [0.25, 0.3) is 0 Å². The second-order valence-corrected chi connectivity index (χ2v) is 4.53. The van der Waals surface area contributed by atoms with Crippen LogP contribution in [0.3, 0.4) is 0 Å². The van der Waals surface area contributed by atoms with E-state index >= 15 is 0 Å². The van der Waals surface area contributed by atoms with Crippen molar-refractivity contribution in [2.75, 3.05) is 18.8 Å². The van der Waals surface area contributed by atoms with Gasteiger partial charge in [-0.15, -0.1) is 0 Å². The Morgan fingerprint density at radius 1 is 1.73 bits per heavy atom. The topological polar surface area (TPSA) is 40.5 Å². The number of hydrogen-bond acceptors (Lipinski definition) is 2. The molecule has 0 aromatic heterocycles. The molecule has 11 heavy (non-hydrogen) atoms. The molecule has 1 heterocycles. The fourth-order valence-electron chi connectivity index (χ4n) is 1.29. The molecule has 0 spiro atoms. The van der Waals surface area contributed by atoms with Gasteiger partial charge in [0.05, 0.1) is 17.1 Å². The van der Waals surface area contributed by atoms with Crippen molar-refractivity contribution in [3.63, 3.8) is 0 Å². The smallest absolute Gasteiger partial charge is 0.0940 e. The maximum absolute atomic E-state index is 11.2. The first-order chi connectivity index (χ1) is 5.24. The van der Waals surface area contributed by atoms with Crippen LogP contribution in [0.2, 0.25) is 0 Å². The third kappa shape index (κ3) is 2.54. The van der Waals surface area contributed by atoms with Crippen LogP contribution in [-0.4, -0.2) is 38.6 Å². The van der Waals surface area contributed by atoms with E-state index in [0.29, 0.717) is 12.3 Å². The molecule has 1 aliphatic rings. The number of rotatable bonds is 2. The highest BCUT2D eigenvalue weighted by Crippen LogP contribution is 2.11. The van der Waals surface area contributed by atoms with Crippen LogP contribution >= 0.6 is 0 Å². The lowest BCUT2D eigenvalue weighted by molar-refractivity contribution is 0.110. The summed E-state index contributed by atoms with van der Waals surface area (Å²) in [5, 5.41) is 9.25. The van der Waals surface area contributed by atoms with E-state index in [2.05, 4.69) is 0 Å². The Kier molecular flexibility index (Phi) is 3.48. The molecule has 1 N–H and O–H groups in total. The Bertz CT molecular complexity index is 151. The van der Waals surface area contributed by atoms with Crippen molar-refractivity contribution in [2.24, 2.45) is 0 Å². The van der Waals surface area contributed by atoms with Crippen LogP contribution in [0.5, 0.6) is 0 Å². The van der Waals surface area contributed by atoms with Crippen LogP contribution in [0, 0.1) is 0 Å². The minimum atomic E-state index is -0.861. The summed E-state index contributed by atoms with van der Waals surface area (Å²) in [4.78, 5) is 0. The molecule has 3 nitrogen and oxygen atoms in total. The molecule has 2 unspecified atom stereocenters. The van der Waals surface area contributed by atoms with Gasteiger partial charge in [0.25, 0.3) is 0 Å². The van der Waals surface area contributed by atoms with Crippen molar-refractivity contribution in [3.8, 4) is 0 Å². The highest BCUT2D eigenvalue weighted by atomic mass is 32.2. The van der Waals surface area contributed by atoms with Crippen LogP contribution < -0.4 is 0 Å². The molecule has 0 radical (unpaired) electrons. The molecule has 0 aliphatic carbocycles. The fourth-order valence-corrected chi connectivity index (χ4v) is 2.32. The number of aliphatic hydroxyl groups excluding tert-OH is 1. The highest BCUT2D eigenvalue weighted by Gasteiger charge is 2.20. The fraction of sp³-hybridized carbons (Fsp3) is 1.00. The summed E-state index contributed by atoms with van der Waals surface area (Å²) in [5.74, 6) is 0.659. The molecule has 1 aliphatic heterocycles. The van der Waals surface area contributed by atoms with Gasteiger partial charge in [0, 0.05) is 18.8 Å². The summed E-state index contributed by atoms with van der Waals surface area (Å²) in [7, 11) is -0.861. The summed E-state index contributed by atoms with van der Waals surface area (Å²) >= 11 is 0. The second kappa shape index (κ2) is 4.18. The molecule has 1 saturated heterocycles. The quantitative estimate of drug-likeness (QED) is 0.651. The van der Waals surface area contributed by atoms with Gasteiger partial charge in [-0.05, 0) is 12.8 Å². The van der Waals surface area contributed by atoms with Crippen molar-refractivity contribution < 1.29 is 9.32 Å². The van der Waals surface area contributed by atoms with E-state index in [9.17, 15) is 9.32 Å². The summed E-state index contributed by atoms with van der Waals surface area (Å²) in [6.45, 7) is 3.36. The molecule has 2 atom stereocenters. The maximum Gasteiger partial charge on any atom is 0.0940 e. The predicted octanol–water partition coefficient (Wildman–Crippen LogP) is 0.127. The molecular formula is C7H15NO2S. The summed E-state index contributed by atoms with van der Waals surface area (Å²) in [6.07, 6.45) is 1.56. The van der Waals surface area contributed by atoms with Gasteiger partial charge < -0.3 is 5.11 Å². The molecule has 0 aromatic rings. The largest absolute Gasteiger partial charge is 0.392 e. The lowest BCUT2D eigenvalue weighted by atomic mass is 10.1. The summed E-state index contributed by atoms with van der Waals surface area (Å²) in [6, 6.07) is 0. The number of aliphatic hydroxyl groups is 1. The molecule has 0 amide bonds. The van der Waals surface area contributed by atoms with Gasteiger partial charge in [0.2, 0.25) is 0 Å². The molecule has 1 rings (SSSR count). The Balaban J connectivity index is 2.39. The van der Waals surface area contributed by atoms with E-state index in [1.54, 1.807) is 0 Å². The summed E-state index contributed by atoms with van der Waals surface area (Å²) in [5.41, 5.74) is 0. The van der Waals surface area contributed by atoms with Gasteiger partial charge >= 0.3 is 0 Å². The van der Waals surface area contributed by atoms with E-state index in [4.69, 9.17) is 0 Å². The first-order valence-corrected chi connectivity index (χ1v) is 5.33. The molecule has 0 bridgehead atoms. The normalized spacial score (nSPS) is 30.2. The standard InChI is InChI=1S/C7H15NO2S/c1-2-11(10)8-5-3-4-7(9)6-8/h7,9H,2-6H2,1H3. The maximum atomic E-state index is 11.2. The van der Waals surface area contributed by atoms with Gasteiger partial charge in [-0.3, -0.25) is 0 Å². The molecule has 4 heteroatoms. The number of hydrogen-bond donors (Lipinski definition) is 1. The predicted molar refractivity (Wildman–Crippen MR) is 45.5 cm³/mol. The van der Waals surface area contributed by atoms with Gasteiger partial charge in [0.1, 0.15) is 0 Å². The van der Waals surface area contributed by atoms with Crippen molar-refractivity contribution in [3.05, 3.63) is 0 Å². The van der Waals surface area contributed by atoms with Crippen molar-refractivity contribution in [2.45, 2.75) is 25.9 Å². The highest BCUT2D eigenvalue weighted by molar-refractivity contribution is 7.82. The van der Waals surface area contributed by atoms with Gasteiger partial charge in [0.15, 0.2) is 0 Å². The average molecular weight is 177 g/mol. The molecule has 1 fully saturated rings. The number of piperidine rings is 1. The Morgan fingerprint density at radius 3 is 3.00 bits per heavy atom. The molecule has 0 saturated carbocycles. The zero-order valence-corrected chi connectivity index (χ0v) is 7.64. The van der Waals surface area contributed by atoms with Crippen molar-refractivity contribution in [1.82, 2.24) is 4.31 Å². The number of nitrogens with zero attached hydrogens (tertiary/aromatic N) is 1. The average Bonchev–Trinajstić information content (AvgIpc) is 2.03. The van der Waals surface area contributed by atoms with Gasteiger partial charge in [-0.25, -0.2) is 8.51 Å². The van der Waals surface area contributed by atoms with E-state index < -0.39 is 11.0 Å². The first kappa shape index (κ1) is 9.16. The number of β-amino-alcohol motifs (C(OH)–C–C–N with tert-alkyl or cyclic N) is 1. The van der Waals surface area contributed by atoms with Crippen LogP contribution in [0.4, 0.5) is 0 Å². The second-order valence-electron chi connectivity index (χ2n) is 2.79. The third-order valence-electron chi connectivity index (χ3n) is 1.89. The van der Waals surface area contributed by atoms with Gasteiger partial charge in [-0.1, -0.05) is 6.92 Å². The van der Waals surface area contributed by atoms with Gasteiger partial charge in [-0.2, -0.15) is 0 Å². The zero-order valence-electron chi connectivity index (χ0n) is 6.82. The van der Waals surface area contributed by atoms with Crippen LogP contribution in [0.1, 0.15) is 19.8 Å². The Labute approximate surface area is 70.0 Å². The van der Waals surface area contributed by atoms with Crippen molar-refractivity contribution in [1.29, 1.82) is 0 Å². The van der Waals surface area contributed by atoms with Crippen LogP contribution in [0.15, 0.2) is 0 Å². The lowest BCUT2D eigenvalue weighted by Crippen LogP contribution is -2.39. The molecule has 66 valence electrons. The first-order valence-electron chi connectivity index (χ1n) is 4.05. The molecule has 0 aromatic carbocycles.